The minimum atomic E-state index is -2.84. The fourth-order valence-corrected chi connectivity index (χ4v) is 25.5. The first-order valence-corrected chi connectivity index (χ1v) is 32.7. The smallest absolute Gasteiger partial charge is 0.180 e. The molecule has 0 saturated carbocycles. The minimum Gasteiger partial charge on any atom is -0.310 e. The van der Waals surface area contributed by atoms with Gasteiger partial charge >= 0.3 is 0 Å². The number of anilines is 3. The standard InChI is InChI=1S/C79H55NSi2/c1-5-26-58(27-6-1)79(59-28-7-2-8-29-59)73-42-18-13-37-67(73)68-52-51-62(55-74(68)79)80(61-30-24-36-66(54-61)82(64-33-11-4-12-34-64)77-45-21-16-40-71(77)72-41-17-22-46-78(72)82)60-49-47-56(48-50-60)57-25-23-35-65(53-57)81(63-31-9-3-10-32-63)75-43-19-14-38-69(75)70-39-15-20-44-76(70)81/h1-55H. The average molecular weight is 1070 g/mol. The van der Waals surface area contributed by atoms with Gasteiger partial charge in [-0.25, -0.2) is 0 Å². The van der Waals surface area contributed by atoms with Gasteiger partial charge in [0.1, 0.15) is 0 Å². The fraction of sp³-hybridized carbons (Fsp3) is 0.0127. The Kier molecular flexibility index (Phi) is 11.2. The summed E-state index contributed by atoms with van der Waals surface area (Å²) in [5, 5.41) is 11.3. The van der Waals surface area contributed by atoms with Gasteiger partial charge in [0, 0.05) is 17.1 Å². The highest BCUT2D eigenvalue weighted by molar-refractivity contribution is 7.23. The highest BCUT2D eigenvalue weighted by Crippen LogP contribution is 2.57. The van der Waals surface area contributed by atoms with E-state index in [9.17, 15) is 0 Å². The van der Waals surface area contributed by atoms with Crippen molar-refractivity contribution in [2.75, 3.05) is 4.90 Å². The molecule has 1 aliphatic carbocycles. The third kappa shape index (κ3) is 6.91. The molecule has 1 nitrogen and oxygen atoms in total. The van der Waals surface area contributed by atoms with E-state index >= 15 is 0 Å². The molecule has 13 aromatic carbocycles. The van der Waals surface area contributed by atoms with Crippen LogP contribution in [0.15, 0.2) is 334 Å². The second kappa shape index (κ2) is 19.1. The van der Waals surface area contributed by atoms with Crippen LogP contribution in [-0.4, -0.2) is 16.1 Å². The molecule has 0 atom stereocenters. The lowest BCUT2D eigenvalue weighted by Crippen LogP contribution is -2.72. The molecule has 0 bridgehead atoms. The Labute approximate surface area is 482 Å². The summed E-state index contributed by atoms with van der Waals surface area (Å²) in [5.74, 6) is 0. The summed E-state index contributed by atoms with van der Waals surface area (Å²) in [6.45, 7) is 0. The van der Waals surface area contributed by atoms with Gasteiger partial charge in [-0.1, -0.05) is 297 Å². The third-order valence-electron chi connectivity index (χ3n) is 18.3. The molecule has 82 heavy (non-hydrogen) atoms. The van der Waals surface area contributed by atoms with Gasteiger partial charge < -0.3 is 4.90 Å². The summed E-state index contributed by atoms with van der Waals surface area (Å²) >= 11 is 0. The van der Waals surface area contributed by atoms with E-state index in [1.807, 2.05) is 0 Å². The number of hydrogen-bond acceptors (Lipinski definition) is 1. The van der Waals surface area contributed by atoms with E-state index in [-0.39, 0.29) is 0 Å². The summed E-state index contributed by atoms with van der Waals surface area (Å²) in [5.41, 5.74) is 18.1. The molecular weight excluding hydrogens is 1020 g/mol. The summed E-state index contributed by atoms with van der Waals surface area (Å²) in [6, 6.07) is 127. The Morgan fingerprint density at radius 1 is 0.220 bits per heavy atom. The Morgan fingerprint density at radius 3 is 1.11 bits per heavy atom. The quantitative estimate of drug-likeness (QED) is 0.123. The van der Waals surface area contributed by atoms with Crippen molar-refractivity contribution in [1.29, 1.82) is 0 Å². The van der Waals surface area contributed by atoms with Crippen LogP contribution in [0, 0.1) is 0 Å². The maximum Gasteiger partial charge on any atom is 0.180 e. The molecule has 0 aromatic heterocycles. The first kappa shape index (κ1) is 48.0. The van der Waals surface area contributed by atoms with Crippen LogP contribution in [0.1, 0.15) is 22.3 Å². The highest BCUT2D eigenvalue weighted by atomic mass is 28.3. The molecule has 384 valence electrons. The van der Waals surface area contributed by atoms with Crippen molar-refractivity contribution in [3.05, 3.63) is 356 Å². The highest BCUT2D eigenvalue weighted by Gasteiger charge is 2.51. The molecule has 0 spiro atoms. The van der Waals surface area contributed by atoms with Gasteiger partial charge in [-0.15, -0.1) is 0 Å². The molecule has 0 amide bonds. The number of fused-ring (bicyclic) bond motifs is 9. The first-order chi connectivity index (χ1) is 40.7. The molecule has 3 heteroatoms. The zero-order valence-electron chi connectivity index (χ0n) is 45.2. The second-order valence-electron chi connectivity index (χ2n) is 22.2. The topological polar surface area (TPSA) is 3.24 Å². The Balaban J connectivity index is 0.903. The number of benzene rings is 13. The van der Waals surface area contributed by atoms with Crippen molar-refractivity contribution in [3.63, 3.8) is 0 Å². The molecule has 2 heterocycles. The monoisotopic (exact) mass is 1070 g/mol. The van der Waals surface area contributed by atoms with Crippen LogP contribution in [0.5, 0.6) is 0 Å². The van der Waals surface area contributed by atoms with E-state index in [2.05, 4.69) is 339 Å². The number of hydrogen-bond donors (Lipinski definition) is 0. The lowest BCUT2D eigenvalue weighted by molar-refractivity contribution is 0.768. The van der Waals surface area contributed by atoms with Crippen molar-refractivity contribution < 1.29 is 0 Å². The van der Waals surface area contributed by atoms with Gasteiger partial charge in [0.2, 0.25) is 0 Å². The molecule has 0 saturated heterocycles. The van der Waals surface area contributed by atoms with E-state index in [1.54, 1.807) is 0 Å². The number of nitrogens with zero attached hydrogens (tertiary/aromatic N) is 1. The molecule has 0 fully saturated rings. The summed E-state index contributed by atoms with van der Waals surface area (Å²) < 4.78 is 0. The lowest BCUT2D eigenvalue weighted by Gasteiger charge is -2.35. The molecule has 0 N–H and O–H groups in total. The molecule has 0 radical (unpaired) electrons. The van der Waals surface area contributed by atoms with E-state index in [1.165, 1.54) is 108 Å². The van der Waals surface area contributed by atoms with E-state index < -0.39 is 21.6 Å². The van der Waals surface area contributed by atoms with Gasteiger partial charge in [0.25, 0.3) is 0 Å². The molecule has 13 aromatic rings. The molecule has 16 rings (SSSR count). The van der Waals surface area contributed by atoms with Gasteiger partial charge in [-0.3, -0.25) is 0 Å². The van der Waals surface area contributed by atoms with E-state index in [4.69, 9.17) is 0 Å². The largest absolute Gasteiger partial charge is 0.310 e. The minimum absolute atomic E-state index is 0.560. The normalized spacial score (nSPS) is 14.1. The van der Waals surface area contributed by atoms with Crippen molar-refractivity contribution in [1.82, 2.24) is 0 Å². The maximum atomic E-state index is 2.53. The fourth-order valence-electron chi connectivity index (χ4n) is 15.1. The Morgan fingerprint density at radius 2 is 0.598 bits per heavy atom. The van der Waals surface area contributed by atoms with E-state index in [0.29, 0.717) is 0 Å². The van der Waals surface area contributed by atoms with Gasteiger partial charge in [0.15, 0.2) is 16.1 Å². The first-order valence-electron chi connectivity index (χ1n) is 28.7. The molecule has 0 unspecified atom stereocenters. The van der Waals surface area contributed by atoms with Crippen molar-refractivity contribution in [3.8, 4) is 44.5 Å². The van der Waals surface area contributed by atoms with E-state index in [0.717, 1.165) is 17.1 Å². The summed E-state index contributed by atoms with van der Waals surface area (Å²) in [7, 11) is -5.54. The van der Waals surface area contributed by atoms with Crippen molar-refractivity contribution in [2.24, 2.45) is 0 Å². The van der Waals surface area contributed by atoms with Crippen LogP contribution >= 0.6 is 0 Å². The third-order valence-corrected chi connectivity index (χ3v) is 28.0. The second-order valence-corrected chi connectivity index (χ2v) is 29.6. The predicted molar refractivity (Wildman–Crippen MR) is 349 cm³/mol. The van der Waals surface area contributed by atoms with Crippen LogP contribution in [0.4, 0.5) is 17.1 Å². The zero-order valence-corrected chi connectivity index (χ0v) is 47.2. The molecule has 2 aliphatic heterocycles. The molecular formula is C79H55NSi2. The summed E-state index contributed by atoms with van der Waals surface area (Å²) in [6.07, 6.45) is 0. The van der Waals surface area contributed by atoms with Crippen molar-refractivity contribution >= 4 is 74.7 Å². The van der Waals surface area contributed by atoms with Gasteiger partial charge in [0.05, 0.1) is 5.41 Å². The van der Waals surface area contributed by atoms with Crippen LogP contribution in [0.25, 0.3) is 44.5 Å². The zero-order chi connectivity index (χ0) is 54.2. The van der Waals surface area contributed by atoms with Crippen LogP contribution in [0.2, 0.25) is 0 Å². The van der Waals surface area contributed by atoms with Gasteiger partial charge in [-0.05, 0) is 145 Å². The maximum absolute atomic E-state index is 2.84. The lowest BCUT2D eigenvalue weighted by atomic mass is 9.67. The SMILES string of the molecule is c1ccc(C2(c3ccccc3)c3ccccc3-c3ccc(N(c4ccc(-c5cccc([Si]6(c7ccccc7)c7ccccc7-c7ccccc76)c5)cc4)c4cccc([Si]5(c6ccccc6)c6ccccc6-c6ccccc65)c4)cc32)cc1. The average Bonchev–Trinajstić information content (AvgIpc) is 2.68. The van der Waals surface area contributed by atoms with Crippen LogP contribution in [-0.2, 0) is 5.41 Å². The predicted octanol–water partition coefficient (Wildman–Crippen LogP) is 13.9. The Hall–Kier alpha value is -9.91. The Bertz CT molecular complexity index is 4440. The van der Waals surface area contributed by atoms with Gasteiger partial charge in [-0.2, -0.15) is 0 Å². The summed E-state index contributed by atoms with van der Waals surface area (Å²) in [4.78, 5) is 2.53. The van der Waals surface area contributed by atoms with Crippen LogP contribution < -0.4 is 46.4 Å². The van der Waals surface area contributed by atoms with Crippen LogP contribution in [0.3, 0.4) is 0 Å². The number of rotatable bonds is 10. The van der Waals surface area contributed by atoms with Crippen molar-refractivity contribution in [2.45, 2.75) is 5.41 Å². The molecule has 3 aliphatic rings.